The molecule has 2 heterocycles. The molecule has 0 atom stereocenters. The molecule has 134 valence electrons. The van der Waals surface area contributed by atoms with Crippen LogP contribution < -0.4 is 0 Å². The first-order valence-electron chi connectivity index (χ1n) is 8.72. The molecule has 1 aliphatic heterocycles. The van der Waals surface area contributed by atoms with Crippen molar-refractivity contribution in [3.8, 4) is 0 Å². The number of benzene rings is 1. The van der Waals surface area contributed by atoms with E-state index in [4.69, 9.17) is 4.74 Å². The molecule has 25 heavy (non-hydrogen) atoms. The summed E-state index contributed by atoms with van der Waals surface area (Å²) in [6, 6.07) is 10.1. The Balaban J connectivity index is 1.45. The second-order valence-electron chi connectivity index (χ2n) is 6.36. The summed E-state index contributed by atoms with van der Waals surface area (Å²) in [6.45, 7) is 4.99. The van der Waals surface area contributed by atoms with E-state index < -0.39 is 0 Å². The molecule has 0 bridgehead atoms. The molecular formula is C19H25N3O2S. The summed E-state index contributed by atoms with van der Waals surface area (Å²) >= 11 is 1.68. The lowest BCUT2D eigenvalue weighted by Gasteiger charge is -2.25. The van der Waals surface area contributed by atoms with Gasteiger partial charge in [0.25, 0.3) is 0 Å². The van der Waals surface area contributed by atoms with Gasteiger partial charge in [0.15, 0.2) is 0 Å². The number of aryl methyl sites for hydroxylation is 1. The smallest absolute Gasteiger partial charge is 0.222 e. The van der Waals surface area contributed by atoms with Crippen molar-refractivity contribution < 1.29 is 9.53 Å². The van der Waals surface area contributed by atoms with Gasteiger partial charge in [0.1, 0.15) is 5.01 Å². The lowest BCUT2D eigenvalue weighted by molar-refractivity contribution is -0.130. The number of ether oxygens (including phenoxy) is 1. The van der Waals surface area contributed by atoms with Gasteiger partial charge in [-0.2, -0.15) is 0 Å². The van der Waals surface area contributed by atoms with Crippen LogP contribution in [0, 0.1) is 0 Å². The van der Waals surface area contributed by atoms with E-state index in [0.717, 1.165) is 50.0 Å². The second kappa shape index (κ2) is 9.08. The monoisotopic (exact) mass is 359 g/mol. The van der Waals surface area contributed by atoms with E-state index in [1.54, 1.807) is 16.2 Å². The zero-order chi connectivity index (χ0) is 17.5. The van der Waals surface area contributed by atoms with E-state index in [1.165, 1.54) is 5.56 Å². The first kappa shape index (κ1) is 18.0. The maximum absolute atomic E-state index is 12.3. The van der Waals surface area contributed by atoms with Gasteiger partial charge in [-0.25, -0.2) is 4.98 Å². The lowest BCUT2D eigenvalue weighted by atomic mass is 10.1. The Morgan fingerprint density at radius 3 is 2.80 bits per heavy atom. The molecule has 0 spiro atoms. The van der Waals surface area contributed by atoms with Crippen LogP contribution in [-0.2, 0) is 29.0 Å². The van der Waals surface area contributed by atoms with Crippen molar-refractivity contribution in [2.45, 2.75) is 25.9 Å². The molecule has 0 unspecified atom stereocenters. The van der Waals surface area contributed by atoms with Gasteiger partial charge >= 0.3 is 0 Å². The third-order valence-electron chi connectivity index (χ3n) is 4.36. The molecule has 1 fully saturated rings. The molecule has 1 aliphatic rings. The SMILES string of the molecule is CN(Cc1csc(CN2CCOCC2)n1)C(=O)CCc1ccccc1. The van der Waals surface area contributed by atoms with Gasteiger partial charge in [-0.1, -0.05) is 30.3 Å². The van der Waals surface area contributed by atoms with E-state index in [2.05, 4.69) is 27.4 Å². The van der Waals surface area contributed by atoms with Crippen molar-refractivity contribution in [1.29, 1.82) is 0 Å². The van der Waals surface area contributed by atoms with Crippen molar-refractivity contribution in [3.63, 3.8) is 0 Å². The molecule has 3 rings (SSSR count). The van der Waals surface area contributed by atoms with Crippen LogP contribution in [0.4, 0.5) is 0 Å². The fraction of sp³-hybridized carbons (Fsp3) is 0.474. The van der Waals surface area contributed by atoms with Crippen LogP contribution in [0.2, 0.25) is 0 Å². The fourth-order valence-corrected chi connectivity index (χ4v) is 3.69. The average Bonchev–Trinajstić information content (AvgIpc) is 3.08. The number of carbonyl (C=O) groups excluding carboxylic acids is 1. The number of hydrogen-bond acceptors (Lipinski definition) is 5. The minimum absolute atomic E-state index is 0.159. The summed E-state index contributed by atoms with van der Waals surface area (Å²) in [7, 11) is 1.86. The normalized spacial score (nSPS) is 15.2. The van der Waals surface area contributed by atoms with Crippen LogP contribution in [0.25, 0.3) is 0 Å². The minimum Gasteiger partial charge on any atom is -0.379 e. The van der Waals surface area contributed by atoms with E-state index >= 15 is 0 Å². The lowest BCUT2D eigenvalue weighted by Crippen LogP contribution is -2.35. The van der Waals surface area contributed by atoms with Crippen molar-refractivity contribution in [1.82, 2.24) is 14.8 Å². The molecule has 0 N–H and O–H groups in total. The van der Waals surface area contributed by atoms with Crippen LogP contribution in [0.1, 0.15) is 22.7 Å². The van der Waals surface area contributed by atoms with E-state index in [9.17, 15) is 4.79 Å². The minimum atomic E-state index is 0.159. The molecule has 0 saturated carbocycles. The van der Waals surface area contributed by atoms with Crippen LogP contribution in [0.3, 0.4) is 0 Å². The fourth-order valence-electron chi connectivity index (χ4n) is 2.86. The van der Waals surface area contributed by atoms with E-state index in [-0.39, 0.29) is 5.91 Å². The van der Waals surface area contributed by atoms with Crippen molar-refractivity contribution in [2.75, 3.05) is 33.4 Å². The summed E-state index contributed by atoms with van der Waals surface area (Å²) in [6.07, 6.45) is 1.31. The largest absolute Gasteiger partial charge is 0.379 e. The molecule has 5 nitrogen and oxygen atoms in total. The topological polar surface area (TPSA) is 45.7 Å². The average molecular weight is 359 g/mol. The van der Waals surface area contributed by atoms with Gasteiger partial charge < -0.3 is 9.64 Å². The first-order chi connectivity index (χ1) is 12.2. The van der Waals surface area contributed by atoms with Crippen LogP contribution >= 0.6 is 11.3 Å². The molecule has 0 radical (unpaired) electrons. The Hall–Kier alpha value is -1.76. The molecule has 1 saturated heterocycles. The number of aromatic nitrogens is 1. The summed E-state index contributed by atoms with van der Waals surface area (Å²) in [5.41, 5.74) is 2.18. The van der Waals surface area contributed by atoms with E-state index in [1.807, 2.05) is 25.2 Å². The van der Waals surface area contributed by atoms with Gasteiger partial charge in [-0.15, -0.1) is 11.3 Å². The molecule has 1 amide bonds. The van der Waals surface area contributed by atoms with Gasteiger partial charge in [-0.05, 0) is 12.0 Å². The number of hydrogen-bond donors (Lipinski definition) is 0. The molecule has 2 aromatic rings. The zero-order valence-corrected chi connectivity index (χ0v) is 15.5. The van der Waals surface area contributed by atoms with Crippen molar-refractivity contribution >= 4 is 17.2 Å². The number of morpholine rings is 1. The van der Waals surface area contributed by atoms with Gasteiger partial charge in [0.05, 0.1) is 32.0 Å². The molecule has 6 heteroatoms. The number of carbonyl (C=O) groups is 1. The highest BCUT2D eigenvalue weighted by molar-refractivity contribution is 7.09. The highest BCUT2D eigenvalue weighted by atomic mass is 32.1. The summed E-state index contributed by atoms with van der Waals surface area (Å²) in [5, 5.41) is 3.18. The van der Waals surface area contributed by atoms with Crippen molar-refractivity contribution in [2.24, 2.45) is 0 Å². The molecule has 1 aromatic carbocycles. The number of rotatable bonds is 7. The van der Waals surface area contributed by atoms with Crippen molar-refractivity contribution in [3.05, 3.63) is 52.0 Å². The predicted octanol–water partition coefficient (Wildman–Crippen LogP) is 2.57. The van der Waals surface area contributed by atoms with Gasteiger partial charge in [0.2, 0.25) is 5.91 Å². The summed E-state index contributed by atoms with van der Waals surface area (Å²) in [5.74, 6) is 0.159. The van der Waals surface area contributed by atoms with Gasteiger partial charge in [-0.3, -0.25) is 9.69 Å². The number of thiazole rings is 1. The maximum Gasteiger partial charge on any atom is 0.222 e. The maximum atomic E-state index is 12.3. The highest BCUT2D eigenvalue weighted by Gasteiger charge is 2.15. The standard InChI is InChI=1S/C19H25N3O2S/c1-21(19(23)8-7-16-5-3-2-4-6-16)13-17-15-25-18(20-17)14-22-9-11-24-12-10-22/h2-6,15H,7-14H2,1H3. The quantitative estimate of drug-likeness (QED) is 0.762. The molecule has 1 aromatic heterocycles. The Morgan fingerprint density at radius 1 is 1.28 bits per heavy atom. The number of nitrogens with zero attached hydrogens (tertiary/aromatic N) is 3. The summed E-state index contributed by atoms with van der Waals surface area (Å²) < 4.78 is 5.37. The Kier molecular flexibility index (Phi) is 6.55. The van der Waals surface area contributed by atoms with Crippen LogP contribution in [-0.4, -0.2) is 54.0 Å². The van der Waals surface area contributed by atoms with Crippen LogP contribution in [0.15, 0.2) is 35.7 Å². The Labute approximate surface area is 153 Å². The Bertz CT molecular complexity index is 668. The second-order valence-corrected chi connectivity index (χ2v) is 7.30. The zero-order valence-electron chi connectivity index (χ0n) is 14.7. The summed E-state index contributed by atoms with van der Waals surface area (Å²) in [4.78, 5) is 21.1. The molecular weight excluding hydrogens is 334 g/mol. The predicted molar refractivity (Wildman–Crippen MR) is 99.4 cm³/mol. The first-order valence-corrected chi connectivity index (χ1v) is 9.60. The van der Waals surface area contributed by atoms with E-state index in [0.29, 0.717) is 13.0 Å². The third kappa shape index (κ3) is 5.63. The molecule has 0 aliphatic carbocycles. The highest BCUT2D eigenvalue weighted by Crippen LogP contribution is 2.15. The Morgan fingerprint density at radius 2 is 2.04 bits per heavy atom. The van der Waals surface area contributed by atoms with Crippen LogP contribution in [0.5, 0.6) is 0 Å². The third-order valence-corrected chi connectivity index (χ3v) is 5.24. The van der Waals surface area contributed by atoms with Gasteiger partial charge in [0, 0.05) is 31.9 Å². The number of amides is 1.